The summed E-state index contributed by atoms with van der Waals surface area (Å²) in [5, 5.41) is 3.34. The highest BCUT2D eigenvalue weighted by Gasteiger charge is 2.00. The average Bonchev–Trinajstić information content (AvgIpc) is 2.64. The van der Waals surface area contributed by atoms with Crippen LogP contribution in [-0.4, -0.2) is 6.54 Å². The lowest BCUT2D eigenvalue weighted by Gasteiger charge is -2.09. The molecule has 3 aromatic carbocycles. The first-order chi connectivity index (χ1) is 11.8. The van der Waals surface area contributed by atoms with Gasteiger partial charge in [0.25, 0.3) is 0 Å². The fraction of sp³-hybridized carbons (Fsp3) is 0.143. The van der Waals surface area contributed by atoms with Gasteiger partial charge in [0, 0.05) is 12.2 Å². The van der Waals surface area contributed by atoms with Crippen LogP contribution < -0.4 is 14.8 Å². The second kappa shape index (κ2) is 8.06. The van der Waals surface area contributed by atoms with Crippen molar-refractivity contribution in [2.75, 3.05) is 11.9 Å². The van der Waals surface area contributed by atoms with Gasteiger partial charge in [-0.25, -0.2) is 0 Å². The molecular weight excluding hydrogens is 298 g/mol. The number of rotatable bonds is 7. The van der Waals surface area contributed by atoms with Gasteiger partial charge in [0.05, 0.1) is 0 Å². The minimum absolute atomic E-state index is 0.782. The zero-order valence-electron chi connectivity index (χ0n) is 13.7. The van der Waals surface area contributed by atoms with E-state index in [-0.39, 0.29) is 0 Å². The maximum atomic E-state index is 5.86. The van der Waals surface area contributed by atoms with Crippen LogP contribution in [0.5, 0.6) is 23.0 Å². The van der Waals surface area contributed by atoms with E-state index >= 15 is 0 Å². The number of hydrogen-bond donors (Lipinski definition) is 1. The zero-order chi connectivity index (χ0) is 16.6. The van der Waals surface area contributed by atoms with E-state index in [0.29, 0.717) is 0 Å². The summed E-state index contributed by atoms with van der Waals surface area (Å²) in [6.07, 6.45) is 1.11. The van der Waals surface area contributed by atoms with Crippen LogP contribution in [0.4, 0.5) is 5.69 Å². The van der Waals surface area contributed by atoms with E-state index in [4.69, 9.17) is 9.47 Å². The van der Waals surface area contributed by atoms with Crippen LogP contribution >= 0.6 is 0 Å². The maximum Gasteiger partial charge on any atom is 0.127 e. The third-order valence-corrected chi connectivity index (χ3v) is 3.47. The Morgan fingerprint density at radius 1 is 0.625 bits per heavy atom. The third-order valence-electron chi connectivity index (χ3n) is 3.47. The first-order valence-electron chi connectivity index (χ1n) is 8.18. The van der Waals surface area contributed by atoms with Crippen molar-refractivity contribution in [2.45, 2.75) is 13.3 Å². The van der Waals surface area contributed by atoms with E-state index in [1.54, 1.807) is 0 Å². The van der Waals surface area contributed by atoms with Crippen molar-refractivity contribution in [1.29, 1.82) is 0 Å². The molecular formula is C21H21NO2. The molecule has 0 unspecified atom stereocenters. The molecule has 3 rings (SSSR count). The molecule has 3 nitrogen and oxygen atoms in total. The SMILES string of the molecule is CCCNc1ccc(Oc2ccc(Oc3ccccc3)cc2)cc1. The molecule has 0 aliphatic heterocycles. The van der Waals surface area contributed by atoms with Crippen LogP contribution in [0, 0.1) is 0 Å². The Morgan fingerprint density at radius 3 is 1.58 bits per heavy atom. The summed E-state index contributed by atoms with van der Waals surface area (Å²) in [5.74, 6) is 3.20. The normalized spacial score (nSPS) is 10.2. The summed E-state index contributed by atoms with van der Waals surface area (Å²) in [5.41, 5.74) is 1.11. The van der Waals surface area contributed by atoms with Gasteiger partial charge in [-0.3, -0.25) is 0 Å². The molecule has 0 fully saturated rings. The third kappa shape index (κ3) is 4.53. The molecule has 3 heteroatoms. The Morgan fingerprint density at radius 2 is 1.08 bits per heavy atom. The van der Waals surface area contributed by atoms with Crippen molar-refractivity contribution in [3.8, 4) is 23.0 Å². The van der Waals surface area contributed by atoms with Crippen LogP contribution in [0.1, 0.15) is 13.3 Å². The summed E-state index contributed by atoms with van der Waals surface area (Å²) in [6, 6.07) is 25.3. The largest absolute Gasteiger partial charge is 0.457 e. The second-order valence-corrected chi connectivity index (χ2v) is 5.44. The molecule has 0 amide bonds. The molecule has 0 aliphatic rings. The molecule has 0 aliphatic carbocycles. The van der Waals surface area contributed by atoms with E-state index in [1.165, 1.54) is 0 Å². The zero-order valence-corrected chi connectivity index (χ0v) is 13.7. The molecule has 0 bridgehead atoms. The standard InChI is InChI=1S/C21H21NO2/c1-2-16-22-17-8-10-19(11-9-17)24-21-14-12-20(13-15-21)23-18-6-4-3-5-7-18/h3-15,22H,2,16H2,1H3. The van der Waals surface area contributed by atoms with Gasteiger partial charge in [0.15, 0.2) is 0 Å². The molecule has 0 heterocycles. The molecule has 122 valence electrons. The van der Waals surface area contributed by atoms with Crippen LogP contribution in [-0.2, 0) is 0 Å². The molecule has 0 aromatic heterocycles. The Balaban J connectivity index is 1.59. The minimum atomic E-state index is 0.782. The van der Waals surface area contributed by atoms with E-state index < -0.39 is 0 Å². The molecule has 3 aromatic rings. The molecule has 0 atom stereocenters. The Hall–Kier alpha value is -2.94. The lowest BCUT2D eigenvalue weighted by molar-refractivity contribution is 0.469. The van der Waals surface area contributed by atoms with Gasteiger partial charge in [0.2, 0.25) is 0 Å². The van der Waals surface area contributed by atoms with Crippen molar-refractivity contribution in [3.05, 3.63) is 78.9 Å². The van der Waals surface area contributed by atoms with Gasteiger partial charge in [-0.2, -0.15) is 0 Å². The first-order valence-corrected chi connectivity index (χ1v) is 8.18. The van der Waals surface area contributed by atoms with Gasteiger partial charge in [-0.15, -0.1) is 0 Å². The van der Waals surface area contributed by atoms with Crippen molar-refractivity contribution in [1.82, 2.24) is 0 Å². The van der Waals surface area contributed by atoms with Crippen LogP contribution in [0.3, 0.4) is 0 Å². The number of ether oxygens (including phenoxy) is 2. The summed E-state index contributed by atoms with van der Waals surface area (Å²) < 4.78 is 11.6. The van der Waals surface area contributed by atoms with Gasteiger partial charge in [-0.1, -0.05) is 25.1 Å². The lowest BCUT2D eigenvalue weighted by atomic mass is 10.3. The minimum Gasteiger partial charge on any atom is -0.457 e. The molecule has 24 heavy (non-hydrogen) atoms. The van der Waals surface area contributed by atoms with E-state index in [0.717, 1.165) is 41.7 Å². The number of benzene rings is 3. The molecule has 0 saturated carbocycles. The van der Waals surface area contributed by atoms with Crippen molar-refractivity contribution in [2.24, 2.45) is 0 Å². The Kier molecular flexibility index (Phi) is 5.36. The van der Waals surface area contributed by atoms with Gasteiger partial charge in [-0.05, 0) is 67.1 Å². The van der Waals surface area contributed by atoms with Gasteiger partial charge in [0.1, 0.15) is 23.0 Å². The van der Waals surface area contributed by atoms with E-state index in [1.807, 2.05) is 78.9 Å². The number of anilines is 1. The summed E-state index contributed by atoms with van der Waals surface area (Å²) >= 11 is 0. The van der Waals surface area contributed by atoms with Gasteiger partial charge < -0.3 is 14.8 Å². The molecule has 1 N–H and O–H groups in total. The lowest BCUT2D eigenvalue weighted by Crippen LogP contribution is -1.98. The summed E-state index contributed by atoms with van der Waals surface area (Å²) in [6.45, 7) is 3.12. The maximum absolute atomic E-state index is 5.86. The van der Waals surface area contributed by atoms with Crippen molar-refractivity contribution in [3.63, 3.8) is 0 Å². The van der Waals surface area contributed by atoms with Crippen LogP contribution in [0.25, 0.3) is 0 Å². The summed E-state index contributed by atoms with van der Waals surface area (Å²) in [7, 11) is 0. The van der Waals surface area contributed by atoms with E-state index in [9.17, 15) is 0 Å². The predicted octanol–water partition coefficient (Wildman–Crippen LogP) is 6.09. The molecule has 0 radical (unpaired) electrons. The average molecular weight is 319 g/mol. The van der Waals surface area contributed by atoms with Crippen molar-refractivity contribution < 1.29 is 9.47 Å². The smallest absolute Gasteiger partial charge is 0.127 e. The van der Waals surface area contributed by atoms with E-state index in [2.05, 4.69) is 12.2 Å². The number of hydrogen-bond acceptors (Lipinski definition) is 3. The Bertz CT molecular complexity index is 737. The second-order valence-electron chi connectivity index (χ2n) is 5.44. The highest BCUT2D eigenvalue weighted by Crippen LogP contribution is 2.27. The fourth-order valence-electron chi connectivity index (χ4n) is 2.25. The predicted molar refractivity (Wildman–Crippen MR) is 98.3 cm³/mol. The monoisotopic (exact) mass is 319 g/mol. The summed E-state index contributed by atoms with van der Waals surface area (Å²) in [4.78, 5) is 0. The van der Waals surface area contributed by atoms with Gasteiger partial charge >= 0.3 is 0 Å². The van der Waals surface area contributed by atoms with Crippen LogP contribution in [0.2, 0.25) is 0 Å². The number of para-hydroxylation sites is 1. The van der Waals surface area contributed by atoms with Crippen LogP contribution in [0.15, 0.2) is 78.9 Å². The first kappa shape index (κ1) is 15.9. The number of nitrogens with one attached hydrogen (secondary N) is 1. The Labute approximate surface area is 142 Å². The quantitative estimate of drug-likeness (QED) is 0.571. The molecule has 0 spiro atoms. The topological polar surface area (TPSA) is 30.5 Å². The highest BCUT2D eigenvalue weighted by atomic mass is 16.5. The highest BCUT2D eigenvalue weighted by molar-refractivity contribution is 5.47. The van der Waals surface area contributed by atoms with Crippen molar-refractivity contribution >= 4 is 5.69 Å². The molecule has 0 saturated heterocycles. The fourth-order valence-corrected chi connectivity index (χ4v) is 2.25.